The molecule has 1 aromatic carbocycles. The van der Waals surface area contributed by atoms with Gasteiger partial charge < -0.3 is 5.32 Å². The van der Waals surface area contributed by atoms with Gasteiger partial charge in [0.15, 0.2) is 0 Å². The summed E-state index contributed by atoms with van der Waals surface area (Å²) in [5.74, 6) is 0. The Morgan fingerprint density at radius 2 is 1.77 bits per heavy atom. The van der Waals surface area contributed by atoms with E-state index >= 15 is 0 Å². The topological polar surface area (TPSA) is 12.0 Å². The first kappa shape index (κ1) is 11.0. The van der Waals surface area contributed by atoms with E-state index in [2.05, 4.69) is 45.5 Å². The van der Waals surface area contributed by atoms with Crippen molar-refractivity contribution in [2.45, 2.75) is 18.4 Å². The Morgan fingerprint density at radius 1 is 1.23 bits per heavy atom. The van der Waals surface area contributed by atoms with Crippen molar-refractivity contribution in [3.05, 3.63) is 34.3 Å². The second-order valence-electron chi connectivity index (χ2n) is 3.34. The third-order valence-corrected chi connectivity index (χ3v) is 3.15. The third kappa shape index (κ3) is 2.06. The highest BCUT2D eigenvalue weighted by molar-refractivity contribution is 9.10. The van der Waals surface area contributed by atoms with Crippen molar-refractivity contribution >= 4 is 28.3 Å². The molecule has 72 valence electrons. The van der Waals surface area contributed by atoms with Gasteiger partial charge in [0.05, 0.1) is 0 Å². The summed E-state index contributed by atoms with van der Waals surface area (Å²) in [4.78, 5) is 0. The van der Waals surface area contributed by atoms with Gasteiger partial charge in [-0.25, -0.2) is 0 Å². The summed E-state index contributed by atoms with van der Waals surface area (Å²) in [6, 6.07) is 8.58. The predicted molar refractivity (Wildman–Crippen MR) is 61.4 cm³/mol. The molecule has 1 saturated carbocycles. The molecule has 1 N–H and O–H groups in total. The molecule has 13 heavy (non-hydrogen) atoms. The van der Waals surface area contributed by atoms with Crippen LogP contribution < -0.4 is 5.32 Å². The molecule has 0 heterocycles. The molecule has 1 nitrogen and oxygen atoms in total. The van der Waals surface area contributed by atoms with Crippen molar-refractivity contribution in [1.82, 2.24) is 5.32 Å². The van der Waals surface area contributed by atoms with Crippen LogP contribution in [0, 0.1) is 0 Å². The number of nitrogens with one attached hydrogen (secondary N) is 1. The molecule has 0 unspecified atom stereocenters. The molecular formula is C10H13BrClN. The maximum absolute atomic E-state index is 3.43. The number of benzene rings is 1. The smallest absolute Gasteiger partial charge is 0.0433 e. The summed E-state index contributed by atoms with van der Waals surface area (Å²) in [7, 11) is 2.04. The third-order valence-electron chi connectivity index (χ3n) is 2.63. The first-order chi connectivity index (χ1) is 5.77. The Balaban J connectivity index is 0.000000845. The summed E-state index contributed by atoms with van der Waals surface area (Å²) < 4.78 is 1.15. The molecule has 0 bridgehead atoms. The van der Waals surface area contributed by atoms with Crippen molar-refractivity contribution < 1.29 is 0 Å². The fourth-order valence-corrected chi connectivity index (χ4v) is 1.84. The normalized spacial score (nSPS) is 17.7. The zero-order valence-corrected chi connectivity index (χ0v) is 9.91. The Bertz CT molecular complexity index is 279. The Hall–Kier alpha value is -0.0500. The molecule has 1 fully saturated rings. The molecule has 1 aliphatic carbocycles. The van der Waals surface area contributed by atoms with Crippen LogP contribution >= 0.6 is 28.3 Å². The van der Waals surface area contributed by atoms with E-state index in [1.54, 1.807) is 0 Å². The van der Waals surface area contributed by atoms with Crippen molar-refractivity contribution in [3.8, 4) is 0 Å². The first-order valence-electron chi connectivity index (χ1n) is 4.22. The van der Waals surface area contributed by atoms with Gasteiger partial charge >= 0.3 is 0 Å². The number of hydrogen-bond acceptors (Lipinski definition) is 1. The van der Waals surface area contributed by atoms with E-state index in [1.165, 1.54) is 18.4 Å². The van der Waals surface area contributed by atoms with Crippen LogP contribution in [-0.4, -0.2) is 7.05 Å². The van der Waals surface area contributed by atoms with E-state index in [0.29, 0.717) is 5.54 Å². The first-order valence-corrected chi connectivity index (χ1v) is 5.01. The molecule has 0 amide bonds. The minimum atomic E-state index is 0. The zero-order valence-electron chi connectivity index (χ0n) is 7.51. The largest absolute Gasteiger partial charge is 0.310 e. The van der Waals surface area contributed by atoms with Gasteiger partial charge in [0.2, 0.25) is 0 Å². The van der Waals surface area contributed by atoms with Crippen LogP contribution in [0.3, 0.4) is 0 Å². The second-order valence-corrected chi connectivity index (χ2v) is 4.25. The highest BCUT2D eigenvalue weighted by atomic mass is 79.9. The minimum absolute atomic E-state index is 0. The number of hydrogen-bond donors (Lipinski definition) is 1. The molecular weight excluding hydrogens is 249 g/mol. The molecule has 0 aromatic heterocycles. The van der Waals surface area contributed by atoms with Crippen LogP contribution in [0.25, 0.3) is 0 Å². The average Bonchev–Trinajstić information content (AvgIpc) is 2.86. The van der Waals surface area contributed by atoms with Crippen LogP contribution in [0.4, 0.5) is 0 Å². The SMILES string of the molecule is CNC1(c2ccc(Br)cc2)CC1.Cl. The van der Waals surface area contributed by atoms with Crippen LogP contribution in [0.1, 0.15) is 18.4 Å². The molecule has 2 rings (SSSR count). The number of halogens is 2. The van der Waals surface area contributed by atoms with Gasteiger partial charge in [-0.05, 0) is 37.6 Å². The van der Waals surface area contributed by atoms with Gasteiger partial charge in [-0.2, -0.15) is 0 Å². The zero-order chi connectivity index (χ0) is 8.60. The van der Waals surface area contributed by atoms with Crippen LogP contribution in [0.2, 0.25) is 0 Å². The lowest BCUT2D eigenvalue weighted by atomic mass is 10.1. The average molecular weight is 263 g/mol. The van der Waals surface area contributed by atoms with E-state index in [4.69, 9.17) is 0 Å². The van der Waals surface area contributed by atoms with Gasteiger partial charge in [0.1, 0.15) is 0 Å². The standard InChI is InChI=1S/C10H12BrN.ClH/c1-12-10(6-7-10)8-2-4-9(11)5-3-8;/h2-5,12H,6-7H2,1H3;1H. The lowest BCUT2D eigenvalue weighted by Crippen LogP contribution is -2.24. The summed E-state index contributed by atoms with van der Waals surface area (Å²) in [5, 5.41) is 3.37. The highest BCUT2D eigenvalue weighted by Crippen LogP contribution is 2.45. The van der Waals surface area contributed by atoms with Gasteiger partial charge in [0.25, 0.3) is 0 Å². The van der Waals surface area contributed by atoms with Crippen molar-refractivity contribution in [2.75, 3.05) is 7.05 Å². The Labute approximate surface area is 93.5 Å². The highest BCUT2D eigenvalue weighted by Gasteiger charge is 2.42. The number of rotatable bonds is 2. The molecule has 3 heteroatoms. The summed E-state index contributed by atoms with van der Waals surface area (Å²) in [6.45, 7) is 0. The monoisotopic (exact) mass is 261 g/mol. The van der Waals surface area contributed by atoms with Crippen LogP contribution in [0.15, 0.2) is 28.7 Å². The molecule has 0 spiro atoms. The van der Waals surface area contributed by atoms with E-state index in [0.717, 1.165) is 4.47 Å². The lowest BCUT2D eigenvalue weighted by molar-refractivity contribution is 0.585. The minimum Gasteiger partial charge on any atom is -0.310 e. The van der Waals surface area contributed by atoms with Gasteiger partial charge in [0, 0.05) is 10.0 Å². The predicted octanol–water partition coefficient (Wildman–Crippen LogP) is 3.08. The fourth-order valence-electron chi connectivity index (χ4n) is 1.58. The fraction of sp³-hybridized carbons (Fsp3) is 0.400. The molecule has 0 saturated heterocycles. The Kier molecular flexibility index (Phi) is 3.38. The summed E-state index contributed by atoms with van der Waals surface area (Å²) in [6.07, 6.45) is 2.54. The molecule has 1 aliphatic rings. The summed E-state index contributed by atoms with van der Waals surface area (Å²) in [5.41, 5.74) is 1.72. The molecule has 0 radical (unpaired) electrons. The molecule has 0 aliphatic heterocycles. The van der Waals surface area contributed by atoms with Gasteiger partial charge in [-0.15, -0.1) is 12.4 Å². The van der Waals surface area contributed by atoms with Gasteiger partial charge in [-0.3, -0.25) is 0 Å². The van der Waals surface area contributed by atoms with Crippen LogP contribution in [-0.2, 0) is 5.54 Å². The van der Waals surface area contributed by atoms with Crippen molar-refractivity contribution in [2.24, 2.45) is 0 Å². The van der Waals surface area contributed by atoms with Gasteiger partial charge in [-0.1, -0.05) is 28.1 Å². The maximum Gasteiger partial charge on any atom is 0.0433 e. The van der Waals surface area contributed by atoms with E-state index in [9.17, 15) is 0 Å². The Morgan fingerprint density at radius 3 is 2.15 bits per heavy atom. The van der Waals surface area contributed by atoms with Crippen LogP contribution in [0.5, 0.6) is 0 Å². The quantitative estimate of drug-likeness (QED) is 0.864. The van der Waals surface area contributed by atoms with Crippen molar-refractivity contribution in [3.63, 3.8) is 0 Å². The van der Waals surface area contributed by atoms with E-state index in [1.807, 2.05) is 7.05 Å². The maximum atomic E-state index is 3.43. The van der Waals surface area contributed by atoms with E-state index in [-0.39, 0.29) is 12.4 Å². The summed E-state index contributed by atoms with van der Waals surface area (Å²) >= 11 is 3.43. The van der Waals surface area contributed by atoms with E-state index < -0.39 is 0 Å². The second kappa shape index (κ2) is 3.99. The molecule has 1 aromatic rings. The lowest BCUT2D eigenvalue weighted by Gasteiger charge is -2.13. The van der Waals surface area contributed by atoms with Crippen molar-refractivity contribution in [1.29, 1.82) is 0 Å². The molecule has 0 atom stereocenters.